The molecule has 0 aliphatic heterocycles. The summed E-state index contributed by atoms with van der Waals surface area (Å²) in [4.78, 5) is 23.7. The fraction of sp³-hybridized carbons (Fsp3) is 0.625. The number of nitrogens with zero attached hydrogens (tertiary/aromatic N) is 4. The van der Waals surface area contributed by atoms with Crippen molar-refractivity contribution in [3.05, 3.63) is 0 Å². The van der Waals surface area contributed by atoms with E-state index < -0.39 is 12.0 Å². The number of carbonyl (C=O) groups excluding carboxylic acids is 1. The Morgan fingerprint density at radius 1 is 1.53 bits per heavy atom. The van der Waals surface area contributed by atoms with Crippen LogP contribution < -0.4 is 5.32 Å². The number of hydrogen-bond donors (Lipinski definition) is 2. The molecule has 0 fully saturated rings. The molecule has 94 valence electrons. The average molecular weight is 259 g/mol. The highest BCUT2D eigenvalue weighted by atomic mass is 32.1. The van der Waals surface area contributed by atoms with E-state index in [1.165, 1.54) is 4.90 Å². The monoisotopic (exact) mass is 259 g/mol. The first-order valence-electron chi connectivity index (χ1n) is 4.95. The molecule has 0 radical (unpaired) electrons. The van der Waals surface area contributed by atoms with Crippen LogP contribution in [0.2, 0.25) is 0 Å². The Hall–Kier alpha value is -1.77. The molecular weight excluding hydrogens is 246 g/mol. The molecule has 0 saturated heterocycles. The fourth-order valence-corrected chi connectivity index (χ4v) is 1.51. The molecular formula is C8H13N5O3S. The molecule has 0 aromatic carbocycles. The van der Waals surface area contributed by atoms with Crippen LogP contribution in [0.3, 0.4) is 0 Å². The summed E-state index contributed by atoms with van der Waals surface area (Å²) in [5.74, 6) is -0.943. The van der Waals surface area contributed by atoms with Gasteiger partial charge in [-0.1, -0.05) is 9.59 Å². The molecule has 1 rings (SSSR count). The minimum absolute atomic E-state index is 0.0973. The van der Waals surface area contributed by atoms with E-state index >= 15 is 0 Å². The van der Waals surface area contributed by atoms with Crippen molar-refractivity contribution in [2.45, 2.75) is 26.3 Å². The molecule has 1 aromatic heterocycles. The van der Waals surface area contributed by atoms with Crippen LogP contribution in [-0.4, -0.2) is 49.4 Å². The highest BCUT2D eigenvalue weighted by Gasteiger charge is 2.18. The minimum atomic E-state index is -0.943. The van der Waals surface area contributed by atoms with Crippen LogP contribution >= 0.6 is 11.5 Å². The lowest BCUT2D eigenvalue weighted by molar-refractivity contribution is -0.137. The predicted molar refractivity (Wildman–Crippen MR) is 60.8 cm³/mol. The van der Waals surface area contributed by atoms with Crippen molar-refractivity contribution in [3.8, 4) is 0 Å². The number of hydrogen-bond acceptors (Lipinski definition) is 6. The summed E-state index contributed by atoms with van der Waals surface area (Å²) in [6.45, 7) is 3.75. The number of carboxylic acid groups (broad SMARTS) is 1. The molecule has 0 bridgehead atoms. The molecule has 17 heavy (non-hydrogen) atoms. The number of amides is 2. The van der Waals surface area contributed by atoms with E-state index in [4.69, 9.17) is 5.11 Å². The SMILES string of the molecule is CC(C)N(CCC(=O)O)C(=O)Nc1nnns1. The number of rotatable bonds is 5. The van der Waals surface area contributed by atoms with Crippen molar-refractivity contribution < 1.29 is 14.7 Å². The van der Waals surface area contributed by atoms with Crippen molar-refractivity contribution in [2.75, 3.05) is 11.9 Å². The summed E-state index contributed by atoms with van der Waals surface area (Å²) in [5.41, 5.74) is 0. The van der Waals surface area contributed by atoms with E-state index in [2.05, 4.69) is 20.1 Å². The molecule has 0 atom stereocenters. The molecule has 9 heteroatoms. The maximum Gasteiger partial charge on any atom is 0.323 e. The van der Waals surface area contributed by atoms with Gasteiger partial charge < -0.3 is 10.0 Å². The molecule has 2 N–H and O–H groups in total. The standard InChI is InChI=1S/C8H13N5O3S/c1-5(2)13(4-3-6(14)15)8(16)9-7-10-11-12-17-7/h5H,3-4H2,1-2H3,(H,14,15)(H,9,10,12,16). The van der Waals surface area contributed by atoms with Gasteiger partial charge in [-0.3, -0.25) is 10.1 Å². The zero-order chi connectivity index (χ0) is 12.8. The zero-order valence-corrected chi connectivity index (χ0v) is 10.3. The summed E-state index contributed by atoms with van der Waals surface area (Å²) in [5, 5.41) is 18.3. The van der Waals surface area contributed by atoms with Gasteiger partial charge >= 0.3 is 12.0 Å². The predicted octanol–water partition coefficient (Wildman–Crippen LogP) is 0.650. The van der Waals surface area contributed by atoms with E-state index in [0.717, 1.165) is 11.5 Å². The van der Waals surface area contributed by atoms with Crippen molar-refractivity contribution in [1.82, 2.24) is 19.7 Å². The highest BCUT2D eigenvalue weighted by Crippen LogP contribution is 2.08. The number of anilines is 1. The van der Waals surface area contributed by atoms with Crippen LogP contribution in [0, 0.1) is 0 Å². The second kappa shape index (κ2) is 6.09. The van der Waals surface area contributed by atoms with Crippen molar-refractivity contribution in [3.63, 3.8) is 0 Å². The van der Waals surface area contributed by atoms with Gasteiger partial charge in [0, 0.05) is 24.1 Å². The van der Waals surface area contributed by atoms with E-state index in [0.29, 0.717) is 0 Å². The molecule has 8 nitrogen and oxygen atoms in total. The second-order valence-electron chi connectivity index (χ2n) is 3.53. The summed E-state index contributed by atoms with van der Waals surface area (Å²) < 4.78 is 3.51. The second-order valence-corrected chi connectivity index (χ2v) is 4.26. The Balaban J connectivity index is 2.57. The van der Waals surface area contributed by atoms with Gasteiger partial charge in [-0.15, -0.1) is 0 Å². The normalized spacial score (nSPS) is 10.3. The van der Waals surface area contributed by atoms with Crippen molar-refractivity contribution in [2.24, 2.45) is 0 Å². The number of urea groups is 1. The van der Waals surface area contributed by atoms with Gasteiger partial charge in [0.1, 0.15) is 0 Å². The lowest BCUT2D eigenvalue weighted by Gasteiger charge is -2.25. The first kappa shape index (κ1) is 13.3. The number of aliphatic carboxylic acids is 1. The molecule has 0 spiro atoms. The van der Waals surface area contributed by atoms with Gasteiger partial charge in [-0.2, -0.15) is 0 Å². The number of carboxylic acids is 1. The topological polar surface area (TPSA) is 108 Å². The summed E-state index contributed by atoms with van der Waals surface area (Å²) >= 11 is 0.958. The van der Waals surface area contributed by atoms with Gasteiger partial charge in [0.05, 0.1) is 6.42 Å². The maximum absolute atomic E-state index is 11.8. The van der Waals surface area contributed by atoms with Gasteiger partial charge in [-0.25, -0.2) is 4.79 Å². The zero-order valence-electron chi connectivity index (χ0n) is 9.45. The van der Waals surface area contributed by atoms with Crippen LogP contribution in [0.5, 0.6) is 0 Å². The largest absolute Gasteiger partial charge is 0.481 e. The van der Waals surface area contributed by atoms with Gasteiger partial charge in [0.15, 0.2) is 0 Å². The number of carbonyl (C=O) groups is 2. The summed E-state index contributed by atoms with van der Waals surface area (Å²) in [6, 6.07) is -0.505. The third-order valence-electron chi connectivity index (χ3n) is 1.96. The van der Waals surface area contributed by atoms with Crippen LogP contribution in [0.4, 0.5) is 9.93 Å². The highest BCUT2D eigenvalue weighted by molar-refractivity contribution is 7.09. The van der Waals surface area contributed by atoms with Gasteiger partial charge in [-0.05, 0) is 19.1 Å². The third kappa shape index (κ3) is 4.31. The molecule has 1 heterocycles. The Morgan fingerprint density at radius 2 is 2.24 bits per heavy atom. The van der Waals surface area contributed by atoms with Crippen LogP contribution in [0.25, 0.3) is 0 Å². The van der Waals surface area contributed by atoms with Crippen LogP contribution in [0.15, 0.2) is 0 Å². The van der Waals surface area contributed by atoms with Gasteiger partial charge in [0.25, 0.3) is 0 Å². The smallest absolute Gasteiger partial charge is 0.323 e. The van der Waals surface area contributed by atoms with Crippen molar-refractivity contribution >= 4 is 28.7 Å². The van der Waals surface area contributed by atoms with E-state index in [9.17, 15) is 9.59 Å². The van der Waals surface area contributed by atoms with Crippen LogP contribution in [-0.2, 0) is 4.79 Å². The first-order chi connectivity index (χ1) is 8.00. The quantitative estimate of drug-likeness (QED) is 0.803. The maximum atomic E-state index is 11.8. The van der Waals surface area contributed by atoms with Crippen LogP contribution in [0.1, 0.15) is 20.3 Å². The first-order valence-corrected chi connectivity index (χ1v) is 5.72. The summed E-state index contributed by atoms with van der Waals surface area (Å²) in [7, 11) is 0. The van der Waals surface area contributed by atoms with Crippen molar-refractivity contribution in [1.29, 1.82) is 0 Å². The van der Waals surface area contributed by atoms with Gasteiger partial charge in [0.2, 0.25) is 5.13 Å². The Morgan fingerprint density at radius 3 is 2.71 bits per heavy atom. The molecule has 0 aliphatic rings. The third-order valence-corrected chi connectivity index (χ3v) is 2.48. The molecule has 0 unspecified atom stereocenters. The minimum Gasteiger partial charge on any atom is -0.481 e. The fourth-order valence-electron chi connectivity index (χ4n) is 1.16. The number of aromatic nitrogens is 3. The Bertz CT molecular complexity index is 381. The Labute approximate surface area is 102 Å². The molecule has 2 amide bonds. The lowest BCUT2D eigenvalue weighted by atomic mass is 10.3. The molecule has 0 aliphatic carbocycles. The lowest BCUT2D eigenvalue weighted by Crippen LogP contribution is -2.41. The van der Waals surface area contributed by atoms with E-state index in [-0.39, 0.29) is 24.1 Å². The average Bonchev–Trinajstić information content (AvgIpc) is 2.69. The van der Waals surface area contributed by atoms with E-state index in [1.54, 1.807) is 13.8 Å². The summed E-state index contributed by atoms with van der Waals surface area (Å²) in [6.07, 6.45) is -0.0973. The Kier molecular flexibility index (Phi) is 4.76. The van der Waals surface area contributed by atoms with E-state index in [1.807, 2.05) is 0 Å². The molecule has 0 saturated carbocycles. The molecule has 1 aromatic rings. The number of nitrogens with one attached hydrogen (secondary N) is 1.